The molecule has 104 valence electrons. The van der Waals surface area contributed by atoms with Crippen LogP contribution in [0, 0.1) is 0 Å². The second kappa shape index (κ2) is 6.68. The number of amides is 1. The summed E-state index contributed by atoms with van der Waals surface area (Å²) < 4.78 is 0. The second-order valence-corrected chi connectivity index (χ2v) is 4.40. The van der Waals surface area contributed by atoms with E-state index in [-0.39, 0.29) is 19.1 Å². The molecule has 0 bridgehead atoms. The van der Waals surface area contributed by atoms with Gasteiger partial charge >= 0.3 is 0 Å². The molecule has 5 heteroatoms. The number of H-pyrrole nitrogens is 1. The zero-order valence-electron chi connectivity index (χ0n) is 11.0. The Kier molecular flexibility index (Phi) is 4.68. The Bertz CT molecular complexity index is 578. The average Bonchev–Trinajstić information content (AvgIpc) is 2.96. The van der Waals surface area contributed by atoms with Gasteiger partial charge in [-0.3, -0.25) is 9.59 Å². The van der Waals surface area contributed by atoms with Gasteiger partial charge in [0.15, 0.2) is 6.29 Å². The van der Waals surface area contributed by atoms with E-state index < -0.39 is 0 Å². The maximum absolute atomic E-state index is 12.3. The third-order valence-corrected chi connectivity index (χ3v) is 2.95. The molecule has 0 aliphatic rings. The molecule has 0 aliphatic carbocycles. The molecule has 2 aromatic rings. The standard InChI is InChI=1S/C15H16N2O3/c18-7-6-17(10-12-4-2-1-3-5-12)15(20)14-8-13(11-19)9-16-14/h1-5,8-9,11,16,18H,6-7,10H2. The van der Waals surface area contributed by atoms with Gasteiger partial charge in [0.1, 0.15) is 5.69 Å². The van der Waals surface area contributed by atoms with Crippen LogP contribution in [0.4, 0.5) is 0 Å². The van der Waals surface area contributed by atoms with Gasteiger partial charge in [0, 0.05) is 24.8 Å². The van der Waals surface area contributed by atoms with Gasteiger partial charge in [0.25, 0.3) is 5.91 Å². The third-order valence-electron chi connectivity index (χ3n) is 2.95. The van der Waals surface area contributed by atoms with Gasteiger partial charge in [-0.2, -0.15) is 0 Å². The van der Waals surface area contributed by atoms with Crippen molar-refractivity contribution < 1.29 is 14.7 Å². The summed E-state index contributed by atoms with van der Waals surface area (Å²) in [5.74, 6) is -0.240. The highest BCUT2D eigenvalue weighted by molar-refractivity contribution is 5.94. The van der Waals surface area contributed by atoms with E-state index in [2.05, 4.69) is 4.98 Å². The predicted molar refractivity (Wildman–Crippen MR) is 74.4 cm³/mol. The molecule has 1 aromatic carbocycles. The number of rotatable bonds is 6. The minimum Gasteiger partial charge on any atom is -0.395 e. The molecule has 0 saturated carbocycles. The first kappa shape index (κ1) is 14.0. The number of hydrogen-bond donors (Lipinski definition) is 2. The summed E-state index contributed by atoms with van der Waals surface area (Å²) in [6.07, 6.45) is 2.17. The van der Waals surface area contributed by atoms with E-state index in [0.29, 0.717) is 24.1 Å². The van der Waals surface area contributed by atoms with Crippen LogP contribution in [0.25, 0.3) is 0 Å². The number of aldehydes is 1. The van der Waals surface area contributed by atoms with Gasteiger partial charge in [-0.15, -0.1) is 0 Å². The average molecular weight is 272 g/mol. The van der Waals surface area contributed by atoms with Gasteiger partial charge in [0.05, 0.1) is 6.61 Å². The lowest BCUT2D eigenvalue weighted by molar-refractivity contribution is 0.0702. The zero-order chi connectivity index (χ0) is 14.4. The van der Waals surface area contributed by atoms with Crippen LogP contribution < -0.4 is 0 Å². The smallest absolute Gasteiger partial charge is 0.270 e. The number of aliphatic hydroxyl groups is 1. The first-order valence-electron chi connectivity index (χ1n) is 6.32. The number of aromatic nitrogens is 1. The lowest BCUT2D eigenvalue weighted by Crippen LogP contribution is -2.33. The van der Waals surface area contributed by atoms with Crippen molar-refractivity contribution in [1.29, 1.82) is 0 Å². The maximum atomic E-state index is 12.3. The first-order chi connectivity index (χ1) is 9.74. The summed E-state index contributed by atoms with van der Waals surface area (Å²) in [4.78, 5) is 27.3. The highest BCUT2D eigenvalue weighted by Gasteiger charge is 2.17. The summed E-state index contributed by atoms with van der Waals surface area (Å²) in [7, 11) is 0. The number of aromatic amines is 1. The zero-order valence-corrected chi connectivity index (χ0v) is 11.0. The summed E-state index contributed by atoms with van der Waals surface area (Å²) in [5, 5.41) is 9.10. The van der Waals surface area contributed by atoms with Crippen molar-refractivity contribution in [2.24, 2.45) is 0 Å². The normalized spacial score (nSPS) is 10.2. The molecule has 0 spiro atoms. The van der Waals surface area contributed by atoms with Crippen molar-refractivity contribution in [1.82, 2.24) is 9.88 Å². The molecule has 1 aromatic heterocycles. The van der Waals surface area contributed by atoms with Gasteiger partial charge in [-0.1, -0.05) is 30.3 Å². The van der Waals surface area contributed by atoms with Crippen molar-refractivity contribution in [3.63, 3.8) is 0 Å². The highest BCUT2D eigenvalue weighted by atomic mass is 16.3. The van der Waals surface area contributed by atoms with Gasteiger partial charge in [0.2, 0.25) is 0 Å². The summed E-state index contributed by atoms with van der Waals surface area (Å²) in [6.45, 7) is 0.540. The Balaban J connectivity index is 2.15. The Hall–Kier alpha value is -2.40. The van der Waals surface area contributed by atoms with Gasteiger partial charge in [-0.05, 0) is 11.6 Å². The number of aliphatic hydroxyl groups excluding tert-OH is 1. The van der Waals surface area contributed by atoms with Crippen LogP contribution in [-0.2, 0) is 6.54 Å². The second-order valence-electron chi connectivity index (χ2n) is 4.40. The lowest BCUT2D eigenvalue weighted by Gasteiger charge is -2.21. The quantitative estimate of drug-likeness (QED) is 0.782. The van der Waals surface area contributed by atoms with Crippen LogP contribution in [0.1, 0.15) is 26.4 Å². The Morgan fingerprint density at radius 1 is 1.30 bits per heavy atom. The summed E-state index contributed by atoms with van der Waals surface area (Å²) in [5.41, 5.74) is 1.75. The van der Waals surface area contributed by atoms with Gasteiger partial charge in [-0.25, -0.2) is 0 Å². The number of carbonyl (C=O) groups is 2. The summed E-state index contributed by atoms with van der Waals surface area (Å²) in [6, 6.07) is 11.0. The fraction of sp³-hybridized carbons (Fsp3) is 0.200. The molecule has 1 heterocycles. The Morgan fingerprint density at radius 3 is 2.65 bits per heavy atom. The van der Waals surface area contributed by atoms with Crippen LogP contribution in [0.3, 0.4) is 0 Å². The monoisotopic (exact) mass is 272 g/mol. The molecular formula is C15H16N2O3. The minimum absolute atomic E-state index is 0.111. The number of hydrogen-bond acceptors (Lipinski definition) is 3. The van der Waals surface area contributed by atoms with Crippen molar-refractivity contribution in [2.75, 3.05) is 13.2 Å². The fourth-order valence-corrected chi connectivity index (χ4v) is 1.95. The highest BCUT2D eigenvalue weighted by Crippen LogP contribution is 2.10. The molecule has 0 atom stereocenters. The van der Waals surface area contributed by atoms with E-state index >= 15 is 0 Å². The molecule has 0 aliphatic heterocycles. The third kappa shape index (κ3) is 3.33. The minimum atomic E-state index is -0.240. The van der Waals surface area contributed by atoms with Crippen LogP contribution in [0.2, 0.25) is 0 Å². The molecule has 5 nitrogen and oxygen atoms in total. The van der Waals surface area contributed by atoms with E-state index in [4.69, 9.17) is 5.11 Å². The van der Waals surface area contributed by atoms with E-state index in [1.807, 2.05) is 30.3 Å². The van der Waals surface area contributed by atoms with Crippen molar-refractivity contribution >= 4 is 12.2 Å². The molecule has 0 unspecified atom stereocenters. The molecule has 2 N–H and O–H groups in total. The van der Waals surface area contributed by atoms with Crippen LogP contribution in [0.5, 0.6) is 0 Å². The SMILES string of the molecule is O=Cc1c[nH]c(C(=O)N(CCO)Cc2ccccc2)c1. The van der Waals surface area contributed by atoms with Crippen LogP contribution in [0.15, 0.2) is 42.6 Å². The van der Waals surface area contributed by atoms with E-state index in [9.17, 15) is 9.59 Å². The van der Waals surface area contributed by atoms with E-state index in [1.54, 1.807) is 0 Å². The van der Waals surface area contributed by atoms with Gasteiger partial charge < -0.3 is 15.0 Å². The van der Waals surface area contributed by atoms with Crippen LogP contribution in [-0.4, -0.2) is 40.3 Å². The fourth-order valence-electron chi connectivity index (χ4n) is 1.95. The summed E-state index contributed by atoms with van der Waals surface area (Å²) >= 11 is 0. The number of nitrogens with one attached hydrogen (secondary N) is 1. The molecule has 20 heavy (non-hydrogen) atoms. The first-order valence-corrected chi connectivity index (χ1v) is 6.32. The molecule has 0 saturated heterocycles. The van der Waals surface area contributed by atoms with Crippen molar-refractivity contribution in [2.45, 2.75) is 6.54 Å². The maximum Gasteiger partial charge on any atom is 0.270 e. The van der Waals surface area contributed by atoms with E-state index in [1.165, 1.54) is 17.2 Å². The molecule has 1 amide bonds. The molecule has 2 rings (SSSR count). The number of carbonyl (C=O) groups excluding carboxylic acids is 2. The van der Waals surface area contributed by atoms with E-state index in [0.717, 1.165) is 5.56 Å². The number of benzene rings is 1. The van der Waals surface area contributed by atoms with Crippen molar-refractivity contribution in [3.8, 4) is 0 Å². The Labute approximate surface area is 116 Å². The predicted octanol–water partition coefficient (Wildman–Crippen LogP) is 1.46. The topological polar surface area (TPSA) is 73.4 Å². The molecule has 0 fully saturated rings. The Morgan fingerprint density at radius 2 is 2.05 bits per heavy atom. The van der Waals surface area contributed by atoms with Crippen LogP contribution >= 0.6 is 0 Å². The largest absolute Gasteiger partial charge is 0.395 e. The molecule has 0 radical (unpaired) electrons. The number of nitrogens with zero attached hydrogens (tertiary/aromatic N) is 1. The molecular weight excluding hydrogens is 256 g/mol. The lowest BCUT2D eigenvalue weighted by atomic mass is 10.2. The van der Waals surface area contributed by atoms with Crippen molar-refractivity contribution in [3.05, 3.63) is 59.4 Å².